The number of furan rings is 1. The molecule has 0 aliphatic heterocycles. The average molecular weight is 386 g/mol. The van der Waals surface area contributed by atoms with Crippen molar-refractivity contribution in [3.8, 4) is 23.2 Å². The zero-order valence-corrected chi connectivity index (χ0v) is 14.2. The molecule has 0 aliphatic carbocycles. The number of rotatable bonds is 3. The van der Waals surface area contributed by atoms with Gasteiger partial charge in [0.1, 0.15) is 5.75 Å². The number of hydrogen-bond donors (Lipinski definition) is 1. The molecule has 1 aromatic carbocycles. The van der Waals surface area contributed by atoms with Crippen LogP contribution < -0.4 is 10.5 Å². The van der Waals surface area contributed by atoms with Crippen LogP contribution in [0.2, 0.25) is 0 Å². The summed E-state index contributed by atoms with van der Waals surface area (Å²) in [6.07, 6.45) is 1.57. The summed E-state index contributed by atoms with van der Waals surface area (Å²) in [7, 11) is 0. The molecule has 24 heavy (non-hydrogen) atoms. The van der Waals surface area contributed by atoms with E-state index in [-0.39, 0.29) is 5.95 Å². The van der Waals surface area contributed by atoms with Crippen LogP contribution in [0.15, 0.2) is 51.6 Å². The number of fused-ring (bicyclic) bond motifs is 1. The largest absolute Gasteiger partial charge is 0.461 e. The fourth-order valence-electron chi connectivity index (χ4n) is 2.27. The Kier molecular flexibility index (Phi) is 3.46. The summed E-state index contributed by atoms with van der Waals surface area (Å²) >= 11 is 3.39. The molecule has 2 N–H and O–H groups in total. The molecule has 0 bridgehead atoms. The van der Waals surface area contributed by atoms with Gasteiger partial charge in [-0.25, -0.2) is 4.98 Å². The van der Waals surface area contributed by atoms with Gasteiger partial charge in [0.05, 0.1) is 11.8 Å². The Morgan fingerprint density at radius 3 is 2.67 bits per heavy atom. The Balaban J connectivity index is 1.80. The van der Waals surface area contributed by atoms with Crippen LogP contribution in [0, 0.1) is 6.92 Å². The molecule has 0 amide bonds. The number of nitrogen functional groups attached to an aromatic ring is 1. The summed E-state index contributed by atoms with van der Waals surface area (Å²) < 4.78 is 13.6. The third kappa shape index (κ3) is 2.50. The van der Waals surface area contributed by atoms with Gasteiger partial charge in [-0.1, -0.05) is 15.9 Å². The molecule has 0 atom stereocenters. The number of anilines is 1. The molecule has 0 fully saturated rings. The monoisotopic (exact) mass is 385 g/mol. The van der Waals surface area contributed by atoms with Crippen molar-refractivity contribution in [1.29, 1.82) is 0 Å². The van der Waals surface area contributed by atoms with E-state index in [1.165, 1.54) is 4.52 Å². The molecule has 0 spiro atoms. The maximum Gasteiger partial charge on any atom is 0.229 e. The van der Waals surface area contributed by atoms with Gasteiger partial charge in [0.2, 0.25) is 17.7 Å². The molecule has 0 aliphatic rings. The van der Waals surface area contributed by atoms with Crippen LogP contribution in [-0.4, -0.2) is 19.6 Å². The summed E-state index contributed by atoms with van der Waals surface area (Å²) in [4.78, 5) is 8.77. The van der Waals surface area contributed by atoms with Crippen LogP contribution in [-0.2, 0) is 0 Å². The van der Waals surface area contributed by atoms with Crippen molar-refractivity contribution < 1.29 is 9.15 Å². The lowest BCUT2D eigenvalue weighted by Gasteiger charge is -2.09. The number of halogens is 1. The topological polar surface area (TPSA) is 91.5 Å². The second kappa shape index (κ2) is 5.64. The molecule has 7 nitrogen and oxygen atoms in total. The summed E-state index contributed by atoms with van der Waals surface area (Å²) in [5.74, 6) is 2.24. The second-order valence-electron chi connectivity index (χ2n) is 5.10. The Bertz CT molecular complexity index is 1010. The fourth-order valence-corrected chi connectivity index (χ4v) is 2.53. The van der Waals surface area contributed by atoms with E-state index in [0.29, 0.717) is 28.9 Å². The molecule has 0 saturated carbocycles. The third-order valence-electron chi connectivity index (χ3n) is 3.47. The number of nitrogens with two attached hydrogens (primary N) is 1. The van der Waals surface area contributed by atoms with Crippen molar-refractivity contribution in [2.45, 2.75) is 6.92 Å². The van der Waals surface area contributed by atoms with Crippen molar-refractivity contribution in [1.82, 2.24) is 19.6 Å². The van der Waals surface area contributed by atoms with Crippen LogP contribution in [0.4, 0.5) is 5.95 Å². The molecular weight excluding hydrogens is 374 g/mol. The number of benzene rings is 1. The van der Waals surface area contributed by atoms with Gasteiger partial charge >= 0.3 is 0 Å². The quantitative estimate of drug-likeness (QED) is 0.576. The third-order valence-corrected chi connectivity index (χ3v) is 3.99. The Morgan fingerprint density at radius 2 is 1.96 bits per heavy atom. The highest BCUT2D eigenvalue weighted by Gasteiger charge is 2.17. The Morgan fingerprint density at radius 1 is 1.17 bits per heavy atom. The molecule has 120 valence electrons. The van der Waals surface area contributed by atoms with Crippen molar-refractivity contribution in [2.75, 3.05) is 5.73 Å². The van der Waals surface area contributed by atoms with Crippen LogP contribution in [0.1, 0.15) is 5.56 Å². The van der Waals surface area contributed by atoms with Crippen molar-refractivity contribution in [2.24, 2.45) is 0 Å². The normalized spacial score (nSPS) is 11.1. The molecule has 3 heterocycles. The minimum Gasteiger partial charge on any atom is -0.461 e. The van der Waals surface area contributed by atoms with E-state index in [2.05, 4.69) is 31.0 Å². The predicted molar refractivity (Wildman–Crippen MR) is 91.8 cm³/mol. The van der Waals surface area contributed by atoms with Crippen molar-refractivity contribution >= 4 is 27.5 Å². The van der Waals surface area contributed by atoms with Crippen LogP contribution in [0.25, 0.3) is 17.2 Å². The lowest BCUT2D eigenvalue weighted by molar-refractivity contribution is 0.458. The maximum absolute atomic E-state index is 6.00. The smallest absolute Gasteiger partial charge is 0.229 e. The van der Waals surface area contributed by atoms with E-state index in [0.717, 1.165) is 10.0 Å². The number of aromatic nitrogens is 4. The van der Waals surface area contributed by atoms with E-state index in [1.807, 2.05) is 31.2 Å². The van der Waals surface area contributed by atoms with Crippen molar-refractivity contribution in [3.63, 3.8) is 0 Å². The second-order valence-corrected chi connectivity index (χ2v) is 6.02. The van der Waals surface area contributed by atoms with Gasteiger partial charge < -0.3 is 14.9 Å². The van der Waals surface area contributed by atoms with Gasteiger partial charge in [0, 0.05) is 4.47 Å². The average Bonchev–Trinajstić information content (AvgIpc) is 3.23. The zero-order chi connectivity index (χ0) is 16.7. The van der Waals surface area contributed by atoms with Gasteiger partial charge in [-0.3, -0.25) is 0 Å². The molecule has 0 saturated heterocycles. The minimum absolute atomic E-state index is 0.188. The van der Waals surface area contributed by atoms with E-state index >= 15 is 0 Å². The summed E-state index contributed by atoms with van der Waals surface area (Å²) in [6, 6.07) is 11.0. The van der Waals surface area contributed by atoms with Gasteiger partial charge in [-0.2, -0.15) is 9.50 Å². The molecule has 4 aromatic rings. The minimum atomic E-state index is 0.188. The molecule has 3 aromatic heterocycles. The van der Waals surface area contributed by atoms with Crippen LogP contribution in [0.3, 0.4) is 0 Å². The number of ether oxygens (including phenoxy) is 1. The van der Waals surface area contributed by atoms with E-state index < -0.39 is 0 Å². The Labute approximate surface area is 145 Å². The first kappa shape index (κ1) is 14.7. The fraction of sp³-hybridized carbons (Fsp3) is 0.0625. The Hall–Kier alpha value is -2.87. The first-order valence-electron chi connectivity index (χ1n) is 7.12. The van der Waals surface area contributed by atoms with Gasteiger partial charge in [-0.15, -0.1) is 5.10 Å². The first-order chi connectivity index (χ1) is 11.6. The summed E-state index contributed by atoms with van der Waals surface area (Å²) in [6.45, 7) is 1.86. The highest BCUT2D eigenvalue weighted by molar-refractivity contribution is 9.10. The van der Waals surface area contributed by atoms with Crippen LogP contribution in [0.5, 0.6) is 11.6 Å². The maximum atomic E-state index is 6.00. The SMILES string of the molecule is Cc1c(Oc2ccc(Br)cc2)nc(N)n2nc(-c3ccco3)nc12. The van der Waals surface area contributed by atoms with E-state index in [1.54, 1.807) is 18.4 Å². The van der Waals surface area contributed by atoms with E-state index in [9.17, 15) is 0 Å². The van der Waals surface area contributed by atoms with Gasteiger partial charge in [0.15, 0.2) is 11.4 Å². The highest BCUT2D eigenvalue weighted by atomic mass is 79.9. The summed E-state index contributed by atoms with van der Waals surface area (Å²) in [5.41, 5.74) is 7.31. The van der Waals surface area contributed by atoms with Gasteiger partial charge in [-0.05, 0) is 43.3 Å². The highest BCUT2D eigenvalue weighted by Crippen LogP contribution is 2.28. The number of aryl methyl sites for hydroxylation is 1. The molecular formula is C16H12BrN5O2. The molecule has 0 radical (unpaired) electrons. The lowest BCUT2D eigenvalue weighted by Crippen LogP contribution is -2.05. The first-order valence-corrected chi connectivity index (χ1v) is 7.91. The standard InChI is InChI=1S/C16H12BrN5O2/c1-9-14-19-13(12-3-2-8-23-12)21-22(14)16(18)20-15(9)24-11-6-4-10(17)5-7-11/h2-8H,1H3,(H2,18,20). The molecule has 0 unspecified atom stereocenters. The van der Waals surface area contributed by atoms with E-state index in [4.69, 9.17) is 14.9 Å². The number of nitrogens with zero attached hydrogens (tertiary/aromatic N) is 4. The zero-order valence-electron chi connectivity index (χ0n) is 12.6. The van der Waals surface area contributed by atoms with Crippen molar-refractivity contribution in [3.05, 3.63) is 52.7 Å². The molecule has 4 rings (SSSR count). The van der Waals surface area contributed by atoms with Crippen LogP contribution >= 0.6 is 15.9 Å². The predicted octanol–water partition coefficient (Wildman–Crippen LogP) is 3.83. The lowest BCUT2D eigenvalue weighted by atomic mass is 10.3. The number of hydrogen-bond acceptors (Lipinski definition) is 6. The summed E-state index contributed by atoms with van der Waals surface area (Å²) in [5, 5.41) is 4.34. The van der Waals surface area contributed by atoms with Gasteiger partial charge in [0.25, 0.3) is 0 Å². The molecule has 8 heteroatoms.